The van der Waals surface area contributed by atoms with Crippen LogP contribution in [0.25, 0.3) is 21.8 Å². The van der Waals surface area contributed by atoms with Crippen molar-refractivity contribution in [3.8, 4) is 5.75 Å². The fraction of sp³-hybridized carbons (Fsp3) is 0.379. The van der Waals surface area contributed by atoms with Crippen LogP contribution in [0.15, 0.2) is 60.7 Å². The molecule has 0 spiro atoms. The first-order valence-corrected chi connectivity index (χ1v) is 17.9. The Morgan fingerprint density at radius 2 is 1.67 bits per heavy atom. The van der Waals surface area contributed by atoms with Crippen molar-refractivity contribution in [1.82, 2.24) is 10.3 Å². The predicted molar refractivity (Wildman–Crippen MR) is 160 cm³/mol. The van der Waals surface area contributed by atoms with E-state index in [1.807, 2.05) is 24.3 Å². The number of sulfonamides is 1. The van der Waals surface area contributed by atoms with Crippen molar-refractivity contribution in [2.24, 2.45) is 0 Å². The molecule has 0 aliphatic rings. The first-order chi connectivity index (χ1) is 18.7. The highest BCUT2D eigenvalue weighted by Crippen LogP contribution is 2.32. The minimum atomic E-state index is -3.62. The summed E-state index contributed by atoms with van der Waals surface area (Å²) in [5.41, 5.74) is 2.78. The summed E-state index contributed by atoms with van der Waals surface area (Å²) in [7, 11) is -5.63. The van der Waals surface area contributed by atoms with Crippen LogP contribution in [-0.2, 0) is 14.4 Å². The number of halogens is 1. The number of para-hydroxylation sites is 1. The lowest BCUT2D eigenvalue weighted by Crippen LogP contribution is -2.40. The largest absolute Gasteiger partial charge is 0.492 e. The molecule has 0 bridgehead atoms. The summed E-state index contributed by atoms with van der Waals surface area (Å²) < 4.78 is 52.9. The number of anilines is 1. The van der Waals surface area contributed by atoms with Crippen molar-refractivity contribution in [3.05, 3.63) is 72.0 Å². The molecule has 7 nitrogen and oxygen atoms in total. The number of nitrogens with one attached hydrogen (secondary N) is 3. The summed E-state index contributed by atoms with van der Waals surface area (Å²) in [6, 6.07) is 21.7. The number of H-pyrrole nitrogens is 1. The number of hydrogen-bond acceptors (Lipinski definition) is 5. The molecule has 4 rings (SSSR count). The third-order valence-electron chi connectivity index (χ3n) is 7.34. The van der Waals surface area contributed by atoms with Gasteiger partial charge in [-0.3, -0.25) is 4.72 Å². The Kier molecular flexibility index (Phi) is 9.32. The molecule has 0 amide bonds. The number of aromatic nitrogens is 1. The zero-order valence-electron chi connectivity index (χ0n) is 23.0. The summed E-state index contributed by atoms with van der Waals surface area (Å²) in [5.74, 6) is 0.161. The smallest absolute Gasteiger partial charge is 0.229 e. The number of hydrogen-bond donors (Lipinski definition) is 3. The van der Waals surface area contributed by atoms with Crippen molar-refractivity contribution >= 4 is 45.8 Å². The van der Waals surface area contributed by atoms with Crippen molar-refractivity contribution in [2.75, 3.05) is 30.7 Å². The lowest BCUT2D eigenvalue weighted by molar-refractivity contribution is 0.183. The molecule has 3 aromatic carbocycles. The Hall–Kier alpha value is -2.92. The predicted octanol–water partition coefficient (Wildman–Crippen LogP) is 6.56. The summed E-state index contributed by atoms with van der Waals surface area (Å²) >= 11 is 0. The minimum Gasteiger partial charge on any atom is -0.492 e. The van der Waals surface area contributed by atoms with Gasteiger partial charge in [-0.2, -0.15) is 0 Å². The topological polar surface area (TPSA) is 92.4 Å². The van der Waals surface area contributed by atoms with E-state index in [0.717, 1.165) is 52.1 Å². The first-order valence-electron chi connectivity index (χ1n) is 13.5. The zero-order valence-corrected chi connectivity index (χ0v) is 24.8. The van der Waals surface area contributed by atoms with E-state index in [1.165, 1.54) is 17.5 Å². The van der Waals surface area contributed by atoms with E-state index in [1.54, 1.807) is 6.07 Å². The van der Waals surface area contributed by atoms with Crippen LogP contribution < -0.4 is 14.8 Å². The zero-order chi connectivity index (χ0) is 28.0. The second-order valence-electron chi connectivity index (χ2n) is 9.89. The molecule has 3 N–H and O–H groups in total. The molecule has 0 fully saturated rings. The molecule has 1 atom stereocenters. The van der Waals surface area contributed by atoms with Gasteiger partial charge in [-0.1, -0.05) is 45.0 Å². The number of ether oxygens (including phenoxy) is 1. The van der Waals surface area contributed by atoms with E-state index in [4.69, 9.17) is 9.16 Å². The van der Waals surface area contributed by atoms with E-state index in [0.29, 0.717) is 19.7 Å². The number of rotatable bonds is 14. The first kappa shape index (κ1) is 29.1. The molecule has 0 aliphatic carbocycles. The van der Waals surface area contributed by atoms with Gasteiger partial charge >= 0.3 is 0 Å². The highest BCUT2D eigenvalue weighted by atomic mass is 32.2. The summed E-state index contributed by atoms with van der Waals surface area (Å²) in [6.07, 6.45) is 0.660. The Labute approximate surface area is 231 Å². The van der Waals surface area contributed by atoms with Gasteiger partial charge in [0.1, 0.15) is 18.2 Å². The summed E-state index contributed by atoms with van der Waals surface area (Å²) in [5, 5.41) is 5.77. The highest BCUT2D eigenvalue weighted by Gasteiger charge is 2.32. The third kappa shape index (κ3) is 7.19. The molecule has 1 aromatic heterocycles. The van der Waals surface area contributed by atoms with Crippen LogP contribution in [0.5, 0.6) is 5.75 Å². The fourth-order valence-corrected chi connectivity index (χ4v) is 8.33. The van der Waals surface area contributed by atoms with Gasteiger partial charge < -0.3 is 19.5 Å². The van der Waals surface area contributed by atoms with Gasteiger partial charge in [0.2, 0.25) is 10.0 Å². The number of aromatic amines is 1. The summed E-state index contributed by atoms with van der Waals surface area (Å²) in [6.45, 7) is 8.00. The van der Waals surface area contributed by atoms with Gasteiger partial charge in [0, 0.05) is 35.4 Å². The monoisotopic (exact) mass is 571 g/mol. The van der Waals surface area contributed by atoms with Crippen molar-refractivity contribution in [1.29, 1.82) is 0 Å². The highest BCUT2D eigenvalue weighted by molar-refractivity contribution is 7.92. The van der Waals surface area contributed by atoms with Crippen LogP contribution in [0.1, 0.15) is 32.4 Å². The third-order valence-corrected chi connectivity index (χ3v) is 12.6. The van der Waals surface area contributed by atoms with Gasteiger partial charge in [-0.25, -0.2) is 12.8 Å². The van der Waals surface area contributed by atoms with E-state index in [2.05, 4.69) is 54.0 Å². The molecule has 0 radical (unpaired) electrons. The van der Waals surface area contributed by atoms with Gasteiger partial charge in [0.05, 0.1) is 23.6 Å². The minimum absolute atomic E-state index is 0.0731. The van der Waals surface area contributed by atoms with Crippen LogP contribution in [0, 0.1) is 5.82 Å². The molecule has 0 saturated carbocycles. The SMILES string of the molecule is CC[Si](CC)(CC)O[C@@H](CNCCOc1ccc2c(c1)[nH]c1ccccc12)c1ccc(F)c(NS(C)(=O)=O)c1. The molecule has 39 heavy (non-hydrogen) atoms. The van der Waals surface area contributed by atoms with E-state index >= 15 is 0 Å². The van der Waals surface area contributed by atoms with Crippen molar-refractivity contribution < 1.29 is 22.0 Å². The molecule has 10 heteroatoms. The molecule has 0 aliphatic heterocycles. The summed E-state index contributed by atoms with van der Waals surface area (Å²) in [4.78, 5) is 3.44. The fourth-order valence-electron chi connectivity index (χ4n) is 4.95. The number of benzene rings is 3. The average molecular weight is 572 g/mol. The second-order valence-corrected chi connectivity index (χ2v) is 16.4. The molecule has 1 heterocycles. The van der Waals surface area contributed by atoms with Gasteiger partial charge in [0.15, 0.2) is 8.32 Å². The molecule has 0 saturated heterocycles. The van der Waals surface area contributed by atoms with Crippen LogP contribution in [-0.4, -0.2) is 47.7 Å². The normalized spacial score (nSPS) is 13.2. The van der Waals surface area contributed by atoms with Crippen LogP contribution in [0.2, 0.25) is 18.1 Å². The molecule has 210 valence electrons. The maximum absolute atomic E-state index is 14.4. The molecular weight excluding hydrogens is 533 g/mol. The molecule has 0 unspecified atom stereocenters. The van der Waals surface area contributed by atoms with Gasteiger partial charge in [-0.15, -0.1) is 0 Å². The van der Waals surface area contributed by atoms with Crippen molar-refractivity contribution in [3.63, 3.8) is 0 Å². The van der Waals surface area contributed by atoms with Crippen LogP contribution >= 0.6 is 0 Å². The Morgan fingerprint density at radius 1 is 0.949 bits per heavy atom. The van der Waals surface area contributed by atoms with Crippen molar-refractivity contribution in [2.45, 2.75) is 45.0 Å². The van der Waals surface area contributed by atoms with E-state index in [-0.39, 0.29) is 11.8 Å². The lowest BCUT2D eigenvalue weighted by atomic mass is 10.1. The Bertz CT molecular complexity index is 1510. The van der Waals surface area contributed by atoms with E-state index in [9.17, 15) is 12.8 Å². The average Bonchev–Trinajstić information content (AvgIpc) is 3.29. The lowest BCUT2D eigenvalue weighted by Gasteiger charge is -2.34. The molecule has 4 aromatic rings. The van der Waals surface area contributed by atoms with E-state index < -0.39 is 24.2 Å². The number of fused-ring (bicyclic) bond motifs is 3. The van der Waals surface area contributed by atoms with Gasteiger partial charge in [0.25, 0.3) is 0 Å². The molecular formula is C29H38FN3O4SSi. The maximum Gasteiger partial charge on any atom is 0.229 e. The van der Waals surface area contributed by atoms with Crippen LogP contribution in [0.3, 0.4) is 0 Å². The van der Waals surface area contributed by atoms with Gasteiger partial charge in [-0.05, 0) is 54.0 Å². The Morgan fingerprint density at radius 3 is 2.38 bits per heavy atom. The standard InChI is InChI=1S/C29H38FN3O4SSi/c1-5-39(6-2,7-3)37-29(21-12-15-25(30)28(18-21)33-38(4,34)35)20-31-16-17-36-22-13-14-24-23-10-8-9-11-26(23)32-27(24)19-22/h8-15,18-19,29,31-33H,5-7,16-17,20H2,1-4H3/t29-/m0/s1. The van der Waals surface area contributed by atoms with Crippen LogP contribution in [0.4, 0.5) is 10.1 Å². The Balaban J connectivity index is 1.43. The maximum atomic E-state index is 14.4. The second kappa shape index (κ2) is 12.5. The quantitative estimate of drug-likeness (QED) is 0.118.